The predicted octanol–water partition coefficient (Wildman–Crippen LogP) is 4.04. The Hall–Kier alpha value is -1.54. The van der Waals surface area contributed by atoms with E-state index in [1.54, 1.807) is 0 Å². The minimum atomic E-state index is 0. The zero-order valence-electron chi connectivity index (χ0n) is 16.5. The van der Waals surface area contributed by atoms with Crippen LogP contribution in [0.5, 0.6) is 0 Å². The van der Waals surface area contributed by atoms with Gasteiger partial charge in [0.15, 0.2) is 5.96 Å². The number of aromatic nitrogens is 1. The highest BCUT2D eigenvalue weighted by Gasteiger charge is 2.22. The van der Waals surface area contributed by atoms with Crippen molar-refractivity contribution in [3.8, 4) is 0 Å². The Labute approximate surface area is 190 Å². The molecule has 152 valence electrons. The van der Waals surface area contributed by atoms with E-state index in [9.17, 15) is 0 Å². The zero-order chi connectivity index (χ0) is 19.1. The SMILES string of the molecule is CN=C(NCCc1ccncc1C)NC1CCCN(c2ccccc2Cl)C1.I. The summed E-state index contributed by atoms with van der Waals surface area (Å²) in [6, 6.07) is 10.5. The van der Waals surface area contributed by atoms with Gasteiger partial charge < -0.3 is 15.5 Å². The monoisotopic (exact) mass is 513 g/mol. The van der Waals surface area contributed by atoms with Gasteiger partial charge in [0.2, 0.25) is 0 Å². The molecule has 0 spiro atoms. The van der Waals surface area contributed by atoms with Crippen molar-refractivity contribution < 1.29 is 0 Å². The van der Waals surface area contributed by atoms with Crippen LogP contribution in [-0.2, 0) is 6.42 Å². The Morgan fingerprint density at radius 1 is 1.32 bits per heavy atom. The molecule has 0 saturated carbocycles. The number of halogens is 2. The molecule has 1 aliphatic heterocycles. The van der Waals surface area contributed by atoms with Gasteiger partial charge >= 0.3 is 0 Å². The quantitative estimate of drug-likeness (QED) is 0.360. The molecule has 1 unspecified atom stereocenters. The van der Waals surface area contributed by atoms with Gasteiger partial charge in [-0.05, 0) is 55.5 Å². The first kappa shape index (κ1) is 22.7. The Bertz CT molecular complexity index is 783. The van der Waals surface area contributed by atoms with Gasteiger partial charge in [-0.15, -0.1) is 24.0 Å². The number of nitrogens with one attached hydrogen (secondary N) is 2. The number of anilines is 1. The second-order valence-corrected chi connectivity index (χ2v) is 7.34. The molecule has 1 fully saturated rings. The van der Waals surface area contributed by atoms with Crippen molar-refractivity contribution >= 4 is 47.2 Å². The number of benzene rings is 1. The Balaban J connectivity index is 0.00000280. The van der Waals surface area contributed by atoms with Gasteiger partial charge in [0, 0.05) is 45.1 Å². The van der Waals surface area contributed by atoms with E-state index in [0.717, 1.165) is 55.6 Å². The van der Waals surface area contributed by atoms with Gasteiger partial charge in [-0.1, -0.05) is 23.7 Å². The summed E-state index contributed by atoms with van der Waals surface area (Å²) in [4.78, 5) is 10.9. The molecule has 2 aromatic rings. The molecule has 1 saturated heterocycles. The van der Waals surface area contributed by atoms with Crippen LogP contribution in [0, 0.1) is 6.92 Å². The minimum Gasteiger partial charge on any atom is -0.368 e. The van der Waals surface area contributed by atoms with Crippen LogP contribution in [0.2, 0.25) is 5.02 Å². The van der Waals surface area contributed by atoms with Crippen LogP contribution in [0.4, 0.5) is 5.69 Å². The fourth-order valence-electron chi connectivity index (χ4n) is 3.51. The standard InChI is InChI=1S/C21H28ClN5.HI/c1-16-14-24-11-9-17(16)10-12-25-21(23-2)26-18-6-5-13-27(15-18)20-8-4-3-7-19(20)22;/h3-4,7-9,11,14,18H,5-6,10,12-13,15H2,1-2H3,(H2,23,25,26);1H. The molecule has 3 rings (SSSR count). The first-order chi connectivity index (χ1) is 13.2. The first-order valence-corrected chi connectivity index (χ1v) is 9.91. The van der Waals surface area contributed by atoms with Crippen LogP contribution >= 0.6 is 35.6 Å². The van der Waals surface area contributed by atoms with E-state index in [4.69, 9.17) is 11.6 Å². The fourth-order valence-corrected chi connectivity index (χ4v) is 3.76. The van der Waals surface area contributed by atoms with E-state index in [-0.39, 0.29) is 24.0 Å². The van der Waals surface area contributed by atoms with Gasteiger partial charge in [-0.2, -0.15) is 0 Å². The minimum absolute atomic E-state index is 0. The lowest BCUT2D eigenvalue weighted by molar-refractivity contribution is 0.468. The molecular weight excluding hydrogens is 485 g/mol. The number of nitrogens with zero attached hydrogens (tertiary/aromatic N) is 3. The first-order valence-electron chi connectivity index (χ1n) is 9.53. The topological polar surface area (TPSA) is 52.6 Å². The summed E-state index contributed by atoms with van der Waals surface area (Å²) in [6.45, 7) is 4.90. The van der Waals surface area contributed by atoms with Gasteiger partial charge in [0.05, 0.1) is 10.7 Å². The number of para-hydroxylation sites is 1. The van der Waals surface area contributed by atoms with Crippen LogP contribution in [0.25, 0.3) is 0 Å². The Kier molecular flexibility index (Phi) is 9.31. The van der Waals surface area contributed by atoms with Crippen LogP contribution in [0.1, 0.15) is 24.0 Å². The van der Waals surface area contributed by atoms with E-state index < -0.39 is 0 Å². The molecule has 1 atom stereocenters. The molecule has 1 aromatic carbocycles. The van der Waals surface area contributed by atoms with Crippen LogP contribution in [0.15, 0.2) is 47.7 Å². The van der Waals surface area contributed by atoms with Crippen LogP contribution < -0.4 is 15.5 Å². The number of guanidine groups is 1. The maximum atomic E-state index is 6.38. The number of rotatable bonds is 5. The largest absolute Gasteiger partial charge is 0.368 e. The van der Waals surface area contributed by atoms with E-state index in [1.165, 1.54) is 11.1 Å². The molecular formula is C21H29ClIN5. The molecule has 0 bridgehead atoms. The molecule has 2 N–H and O–H groups in total. The van der Waals surface area contributed by atoms with Crippen molar-refractivity contribution in [2.45, 2.75) is 32.2 Å². The highest BCUT2D eigenvalue weighted by molar-refractivity contribution is 14.0. The smallest absolute Gasteiger partial charge is 0.191 e. The number of aryl methyl sites for hydroxylation is 1. The molecule has 1 aliphatic rings. The molecule has 2 heterocycles. The maximum Gasteiger partial charge on any atom is 0.191 e. The second kappa shape index (κ2) is 11.5. The lowest BCUT2D eigenvalue weighted by Crippen LogP contribution is -2.51. The third-order valence-electron chi connectivity index (χ3n) is 5.00. The summed E-state index contributed by atoms with van der Waals surface area (Å²) >= 11 is 6.38. The number of hydrogen-bond acceptors (Lipinski definition) is 3. The average molecular weight is 514 g/mol. The summed E-state index contributed by atoms with van der Waals surface area (Å²) in [5, 5.41) is 7.81. The van der Waals surface area contributed by atoms with Crippen molar-refractivity contribution in [2.24, 2.45) is 4.99 Å². The van der Waals surface area contributed by atoms with Gasteiger partial charge in [0.25, 0.3) is 0 Å². The van der Waals surface area contributed by atoms with E-state index in [0.29, 0.717) is 6.04 Å². The highest BCUT2D eigenvalue weighted by atomic mass is 127. The molecule has 7 heteroatoms. The molecule has 0 aliphatic carbocycles. The molecule has 28 heavy (non-hydrogen) atoms. The van der Waals surface area contributed by atoms with Gasteiger partial charge in [0.1, 0.15) is 0 Å². The number of hydrogen-bond donors (Lipinski definition) is 2. The lowest BCUT2D eigenvalue weighted by Gasteiger charge is -2.35. The molecule has 0 amide bonds. The third-order valence-corrected chi connectivity index (χ3v) is 5.32. The van der Waals surface area contributed by atoms with Crippen molar-refractivity contribution in [2.75, 3.05) is 31.6 Å². The van der Waals surface area contributed by atoms with Gasteiger partial charge in [-0.3, -0.25) is 9.98 Å². The number of piperidine rings is 1. The van der Waals surface area contributed by atoms with E-state index in [1.807, 2.05) is 37.6 Å². The molecule has 1 aromatic heterocycles. The van der Waals surface area contributed by atoms with Gasteiger partial charge in [-0.25, -0.2) is 0 Å². The number of aliphatic imine (C=N–C) groups is 1. The van der Waals surface area contributed by atoms with Crippen LogP contribution in [0.3, 0.4) is 0 Å². The lowest BCUT2D eigenvalue weighted by atomic mass is 10.0. The molecule has 5 nitrogen and oxygen atoms in total. The van der Waals surface area contributed by atoms with E-state index in [2.05, 4.69) is 44.6 Å². The van der Waals surface area contributed by atoms with Crippen LogP contribution in [-0.4, -0.2) is 43.7 Å². The van der Waals surface area contributed by atoms with Crippen molar-refractivity contribution in [1.29, 1.82) is 0 Å². The van der Waals surface area contributed by atoms with Crippen molar-refractivity contribution in [1.82, 2.24) is 15.6 Å². The summed E-state index contributed by atoms with van der Waals surface area (Å²) < 4.78 is 0. The highest BCUT2D eigenvalue weighted by Crippen LogP contribution is 2.27. The van der Waals surface area contributed by atoms with E-state index >= 15 is 0 Å². The van der Waals surface area contributed by atoms with Crippen molar-refractivity contribution in [3.05, 3.63) is 58.9 Å². The second-order valence-electron chi connectivity index (χ2n) is 6.93. The Morgan fingerprint density at radius 3 is 2.89 bits per heavy atom. The fraction of sp³-hybridized carbons (Fsp3) is 0.429. The third kappa shape index (κ3) is 6.24. The normalized spacial score (nSPS) is 17.0. The summed E-state index contributed by atoms with van der Waals surface area (Å²) in [7, 11) is 1.82. The summed E-state index contributed by atoms with van der Waals surface area (Å²) in [5.74, 6) is 0.854. The molecule has 0 radical (unpaired) electrons. The Morgan fingerprint density at radius 2 is 2.14 bits per heavy atom. The zero-order valence-corrected chi connectivity index (χ0v) is 19.6. The number of pyridine rings is 1. The summed E-state index contributed by atoms with van der Waals surface area (Å²) in [6.07, 6.45) is 6.97. The van der Waals surface area contributed by atoms with Crippen molar-refractivity contribution in [3.63, 3.8) is 0 Å². The summed E-state index contributed by atoms with van der Waals surface area (Å²) in [5.41, 5.74) is 3.65. The average Bonchev–Trinajstić information content (AvgIpc) is 2.69. The maximum absolute atomic E-state index is 6.38. The predicted molar refractivity (Wildman–Crippen MR) is 129 cm³/mol.